The van der Waals surface area contributed by atoms with Gasteiger partial charge in [0.25, 0.3) is 0 Å². The fourth-order valence-electron chi connectivity index (χ4n) is 2.86. The number of rotatable bonds is 1. The number of carbonyl (C=O) groups is 1. The van der Waals surface area contributed by atoms with Crippen LogP contribution in [0.2, 0.25) is 0 Å². The van der Waals surface area contributed by atoms with Crippen LogP contribution in [-0.2, 0) is 6.42 Å². The van der Waals surface area contributed by atoms with Crippen LogP contribution in [-0.4, -0.2) is 40.9 Å². The molecule has 0 aliphatic carbocycles. The largest absolute Gasteiger partial charge is 0.493 e. The second-order valence-electron chi connectivity index (χ2n) is 6.38. The molecule has 4 rings (SSSR count). The van der Waals surface area contributed by atoms with Crippen LogP contribution >= 0.6 is 11.3 Å². The van der Waals surface area contributed by atoms with E-state index in [2.05, 4.69) is 22.1 Å². The Morgan fingerprint density at radius 1 is 1.50 bits per heavy atom. The van der Waals surface area contributed by atoms with Gasteiger partial charge < -0.3 is 15.2 Å². The molecule has 2 amide bonds. The monoisotopic (exact) mass is 343 g/mol. The van der Waals surface area contributed by atoms with Crippen molar-refractivity contribution in [1.82, 2.24) is 10.3 Å². The molecule has 1 unspecified atom stereocenters. The molecule has 0 spiro atoms. The molecule has 2 aliphatic rings. The van der Waals surface area contributed by atoms with Crippen molar-refractivity contribution in [3.05, 3.63) is 17.7 Å². The number of fused-ring (bicyclic) bond motifs is 3. The number of thiazole rings is 1. The number of benzene rings is 1. The van der Waals surface area contributed by atoms with Crippen LogP contribution in [0.5, 0.6) is 5.75 Å². The summed E-state index contributed by atoms with van der Waals surface area (Å²) in [4.78, 5) is 18.5. The van der Waals surface area contributed by atoms with Gasteiger partial charge in [-0.3, -0.25) is 4.90 Å². The average molecular weight is 343 g/mol. The zero-order valence-electron chi connectivity index (χ0n) is 13.4. The molecule has 1 saturated heterocycles. The Morgan fingerprint density at radius 2 is 2.33 bits per heavy atom. The number of nitrogens with zero attached hydrogens (tertiary/aromatic N) is 2. The lowest BCUT2D eigenvalue weighted by molar-refractivity contribution is 0.143. The molecule has 3 heterocycles. The minimum Gasteiger partial charge on any atom is -0.493 e. The highest BCUT2D eigenvalue weighted by atomic mass is 32.1. The Balaban J connectivity index is 1.74. The summed E-state index contributed by atoms with van der Waals surface area (Å²) in [6.45, 7) is 4.33. The van der Waals surface area contributed by atoms with Crippen molar-refractivity contribution in [3.63, 3.8) is 0 Å². The maximum absolute atomic E-state index is 12.2. The number of hydrogen-bond acceptors (Lipinski definition) is 5. The van der Waals surface area contributed by atoms with E-state index in [-0.39, 0.29) is 12.1 Å². The summed E-state index contributed by atoms with van der Waals surface area (Å²) in [5.41, 5.74) is 0.913. The summed E-state index contributed by atoms with van der Waals surface area (Å²) in [7, 11) is 0. The Hall–Kier alpha value is -2.30. The van der Waals surface area contributed by atoms with E-state index >= 15 is 0 Å². The highest BCUT2D eigenvalue weighted by Gasteiger charge is 2.34. The van der Waals surface area contributed by atoms with Crippen molar-refractivity contribution in [2.75, 3.05) is 18.1 Å². The molecule has 0 saturated carbocycles. The molecule has 1 atom stereocenters. The molecule has 2 aliphatic heterocycles. The van der Waals surface area contributed by atoms with Gasteiger partial charge in [0.1, 0.15) is 17.4 Å². The van der Waals surface area contributed by atoms with E-state index in [9.17, 15) is 9.90 Å². The molecule has 2 aromatic rings. The lowest BCUT2D eigenvalue weighted by atomic mass is 10.1. The zero-order chi connectivity index (χ0) is 16.9. The van der Waals surface area contributed by atoms with Crippen molar-refractivity contribution in [2.24, 2.45) is 0 Å². The number of aromatic nitrogens is 1. The normalized spacial score (nSPS) is 19.7. The van der Waals surface area contributed by atoms with Gasteiger partial charge in [0, 0.05) is 12.0 Å². The summed E-state index contributed by atoms with van der Waals surface area (Å²) in [6.07, 6.45) is 0.837. The Morgan fingerprint density at radius 3 is 3.12 bits per heavy atom. The van der Waals surface area contributed by atoms with Gasteiger partial charge in [0.05, 0.1) is 23.4 Å². The number of carbonyl (C=O) groups excluding carboxylic acids is 1. The van der Waals surface area contributed by atoms with Crippen molar-refractivity contribution in [3.8, 4) is 17.6 Å². The third kappa shape index (κ3) is 2.58. The molecule has 2 N–H and O–H groups in total. The molecule has 1 aromatic heterocycles. The molecule has 124 valence electrons. The molecule has 1 fully saturated rings. The van der Waals surface area contributed by atoms with Gasteiger partial charge in [0.15, 0.2) is 5.13 Å². The first-order chi connectivity index (χ1) is 11.4. The first-order valence-corrected chi connectivity index (χ1v) is 8.61. The summed E-state index contributed by atoms with van der Waals surface area (Å²) in [6, 6.07) is 3.39. The van der Waals surface area contributed by atoms with Gasteiger partial charge in [-0.05, 0) is 26.0 Å². The quantitative estimate of drug-likeness (QED) is 0.776. The van der Waals surface area contributed by atoms with E-state index in [1.54, 1.807) is 18.7 Å². The number of ether oxygens (including phenoxy) is 1. The second kappa shape index (κ2) is 5.36. The van der Waals surface area contributed by atoms with Gasteiger partial charge in [0.2, 0.25) is 0 Å². The number of amides is 2. The topological polar surface area (TPSA) is 74.7 Å². The number of aliphatic hydroxyl groups is 1. The maximum atomic E-state index is 12.2. The third-order valence-electron chi connectivity index (χ3n) is 3.95. The molecule has 6 nitrogen and oxygen atoms in total. The van der Waals surface area contributed by atoms with Crippen LogP contribution in [0.4, 0.5) is 9.93 Å². The van der Waals surface area contributed by atoms with Crippen LogP contribution < -0.4 is 15.0 Å². The van der Waals surface area contributed by atoms with Gasteiger partial charge in [-0.25, -0.2) is 9.78 Å². The van der Waals surface area contributed by atoms with Crippen LogP contribution in [0.1, 0.15) is 19.4 Å². The highest BCUT2D eigenvalue weighted by molar-refractivity contribution is 7.22. The van der Waals surface area contributed by atoms with E-state index in [1.165, 1.54) is 11.3 Å². The standard InChI is InChI=1S/C17H17N3O3S/c1-17(2,22)7-5-10-9-18-15(21)20(10)16-19-14-11-6-8-23-12(11)3-4-13(14)24-16/h3-4,10,22H,6,8-9H2,1-2H3,(H,18,21). The lowest BCUT2D eigenvalue weighted by Crippen LogP contribution is -2.33. The first-order valence-electron chi connectivity index (χ1n) is 7.80. The van der Waals surface area contributed by atoms with Crippen molar-refractivity contribution in [1.29, 1.82) is 0 Å². The minimum atomic E-state index is -1.09. The van der Waals surface area contributed by atoms with Crippen LogP contribution in [0, 0.1) is 11.8 Å². The molecule has 0 bridgehead atoms. The van der Waals surface area contributed by atoms with Crippen LogP contribution in [0.15, 0.2) is 12.1 Å². The molecular formula is C17H17N3O3S. The fraction of sp³-hybridized carbons (Fsp3) is 0.412. The third-order valence-corrected chi connectivity index (χ3v) is 4.97. The lowest BCUT2D eigenvalue weighted by Gasteiger charge is -2.16. The molecular weight excluding hydrogens is 326 g/mol. The molecule has 7 heteroatoms. The van der Waals surface area contributed by atoms with Gasteiger partial charge in [-0.1, -0.05) is 23.2 Å². The molecule has 1 aromatic carbocycles. The summed E-state index contributed by atoms with van der Waals surface area (Å²) < 4.78 is 6.61. The van der Waals surface area contributed by atoms with Gasteiger partial charge in [-0.2, -0.15) is 0 Å². The Bertz CT molecular complexity index is 888. The van der Waals surface area contributed by atoms with Crippen LogP contribution in [0.3, 0.4) is 0 Å². The minimum absolute atomic E-state index is 0.211. The Labute approximate surface area is 143 Å². The molecule has 24 heavy (non-hydrogen) atoms. The Kier molecular flexibility index (Phi) is 3.41. The number of anilines is 1. The van der Waals surface area contributed by atoms with E-state index in [1.807, 2.05) is 12.1 Å². The van der Waals surface area contributed by atoms with Crippen LogP contribution in [0.25, 0.3) is 10.2 Å². The highest BCUT2D eigenvalue weighted by Crippen LogP contribution is 2.38. The van der Waals surface area contributed by atoms with Gasteiger partial charge >= 0.3 is 6.03 Å². The first kappa shape index (κ1) is 15.2. The van der Waals surface area contributed by atoms with Crippen molar-refractivity contribution in [2.45, 2.75) is 31.9 Å². The smallest absolute Gasteiger partial charge is 0.324 e. The van der Waals surface area contributed by atoms with Crippen molar-refractivity contribution >= 4 is 32.7 Å². The predicted octanol–water partition coefficient (Wildman–Crippen LogP) is 1.90. The van der Waals surface area contributed by atoms with E-state index in [0.29, 0.717) is 18.3 Å². The van der Waals surface area contributed by atoms with Crippen molar-refractivity contribution < 1.29 is 14.6 Å². The van der Waals surface area contributed by atoms with E-state index in [0.717, 1.165) is 28.0 Å². The predicted molar refractivity (Wildman–Crippen MR) is 92.6 cm³/mol. The average Bonchev–Trinajstić information content (AvgIpc) is 3.20. The maximum Gasteiger partial charge on any atom is 0.324 e. The van der Waals surface area contributed by atoms with Gasteiger partial charge in [-0.15, -0.1) is 0 Å². The summed E-state index contributed by atoms with van der Waals surface area (Å²) in [5, 5.41) is 13.2. The zero-order valence-corrected chi connectivity index (χ0v) is 14.2. The number of nitrogens with one attached hydrogen (secondary N) is 1. The SMILES string of the molecule is CC(C)(O)C#CC1CNC(=O)N1c1nc2c3c(ccc2s1)OCC3. The van der Waals surface area contributed by atoms with E-state index < -0.39 is 5.60 Å². The number of urea groups is 1. The number of hydrogen-bond donors (Lipinski definition) is 2. The summed E-state index contributed by atoms with van der Waals surface area (Å²) in [5.74, 6) is 6.65. The molecule has 0 radical (unpaired) electrons. The summed E-state index contributed by atoms with van der Waals surface area (Å²) >= 11 is 1.47. The second-order valence-corrected chi connectivity index (χ2v) is 7.39. The van der Waals surface area contributed by atoms with E-state index in [4.69, 9.17) is 4.74 Å². The fourth-order valence-corrected chi connectivity index (χ4v) is 3.90.